The van der Waals surface area contributed by atoms with Gasteiger partial charge in [0, 0.05) is 12.3 Å². The van der Waals surface area contributed by atoms with Crippen molar-refractivity contribution in [3.05, 3.63) is 35.9 Å². The molecule has 2 N–H and O–H groups in total. The van der Waals surface area contributed by atoms with Gasteiger partial charge in [0.25, 0.3) is 0 Å². The number of hydrogen-bond acceptors (Lipinski definition) is 5. The van der Waals surface area contributed by atoms with E-state index < -0.39 is 6.09 Å². The summed E-state index contributed by atoms with van der Waals surface area (Å²) in [4.78, 5) is 33.7. The van der Waals surface area contributed by atoms with E-state index in [0.29, 0.717) is 12.2 Å². The van der Waals surface area contributed by atoms with Crippen LogP contribution in [0.2, 0.25) is 0 Å². The molecule has 0 aliphatic heterocycles. The molecule has 0 fully saturated rings. The molecule has 0 heterocycles. The summed E-state index contributed by atoms with van der Waals surface area (Å²) < 4.78 is 3.89. The van der Waals surface area contributed by atoms with Crippen molar-refractivity contribution in [2.24, 2.45) is 11.7 Å². The summed E-state index contributed by atoms with van der Waals surface area (Å²) >= 11 is 0. The van der Waals surface area contributed by atoms with E-state index >= 15 is 0 Å². The maximum atomic E-state index is 11.3. The number of likely N-dealkylation sites (N-methyl/N-ethyl adjacent to an activating group) is 1. The number of aryl methyl sites for hydroxylation is 1. The zero-order valence-corrected chi connectivity index (χ0v) is 22.5. The Bertz CT molecular complexity index is 556. The Morgan fingerprint density at radius 1 is 0.938 bits per heavy atom. The first-order chi connectivity index (χ1) is 15.1. The molecule has 0 bridgehead atoms. The number of nitrogens with zero attached hydrogens (tertiary/aromatic N) is 1. The highest BCUT2D eigenvalue weighted by Gasteiger charge is 2.13. The fourth-order valence-electron chi connectivity index (χ4n) is 2.23. The van der Waals surface area contributed by atoms with Gasteiger partial charge in [-0.15, -0.1) is 0 Å². The highest BCUT2D eigenvalue weighted by molar-refractivity contribution is 5.81. The number of Topliss-reactive ketones (excluding diaryl/α,β-unsaturated/α-hetero) is 2. The molecule has 6 heteroatoms. The lowest BCUT2D eigenvalue weighted by Crippen LogP contribution is -2.37. The summed E-state index contributed by atoms with van der Waals surface area (Å²) in [6.07, 6.45) is 0.796. The van der Waals surface area contributed by atoms with Gasteiger partial charge in [-0.25, -0.2) is 4.79 Å². The molecule has 0 aromatic heterocycles. The van der Waals surface area contributed by atoms with Crippen LogP contribution in [-0.2, 0) is 20.7 Å². The van der Waals surface area contributed by atoms with E-state index in [4.69, 9.17) is 0 Å². The van der Waals surface area contributed by atoms with Gasteiger partial charge in [-0.3, -0.25) is 14.5 Å². The molecule has 188 valence electrons. The van der Waals surface area contributed by atoms with Crippen LogP contribution in [0.5, 0.6) is 0 Å². The third-order valence-corrected chi connectivity index (χ3v) is 4.30. The van der Waals surface area contributed by atoms with Crippen LogP contribution < -0.4 is 5.73 Å². The van der Waals surface area contributed by atoms with Gasteiger partial charge in [0.15, 0.2) is 0 Å². The first kappa shape index (κ1) is 37.1. The van der Waals surface area contributed by atoms with Crippen molar-refractivity contribution in [2.75, 3.05) is 20.2 Å². The predicted octanol–water partition coefficient (Wildman–Crippen LogP) is 5.91. The van der Waals surface area contributed by atoms with Crippen LogP contribution in [0.1, 0.15) is 81.2 Å². The summed E-state index contributed by atoms with van der Waals surface area (Å²) in [6, 6.07) is 10.2. The lowest BCUT2D eigenvalue weighted by atomic mass is 10.0. The van der Waals surface area contributed by atoms with Gasteiger partial charge in [0.1, 0.15) is 11.6 Å². The summed E-state index contributed by atoms with van der Waals surface area (Å²) in [5, 5.41) is 0. The van der Waals surface area contributed by atoms with Crippen LogP contribution in [0.25, 0.3) is 0 Å². The summed E-state index contributed by atoms with van der Waals surface area (Å²) in [5.41, 5.74) is 5.68. The Labute approximate surface area is 197 Å². The maximum absolute atomic E-state index is 11.3. The largest absolute Gasteiger partial charge is 0.453 e. The van der Waals surface area contributed by atoms with E-state index in [1.54, 1.807) is 6.92 Å². The van der Waals surface area contributed by atoms with Gasteiger partial charge in [-0.2, -0.15) is 0 Å². The standard InChI is InChI=1S/C12H16O.C8H17NO.C2H5NO2.2C2H6/c1-10(2)12(13)9-8-11-6-4-3-5-7-11;1-5-9(6-2)7(3)8(4)10;1-5-2(3)4;2*1-2/h3-7,10H,8-9H2,1-2H3;7H,5-6H2,1-4H3;1H3,(H2,3,4);2*1-2H3. The van der Waals surface area contributed by atoms with E-state index in [9.17, 15) is 14.4 Å². The lowest BCUT2D eigenvalue weighted by Gasteiger charge is -2.23. The number of amides is 1. The number of carbonyl (C=O) groups is 3. The van der Waals surface area contributed by atoms with Crippen LogP contribution in [-0.4, -0.2) is 48.8 Å². The van der Waals surface area contributed by atoms with Gasteiger partial charge in [0.05, 0.1) is 13.2 Å². The predicted molar refractivity (Wildman–Crippen MR) is 137 cm³/mol. The molecule has 6 nitrogen and oxygen atoms in total. The van der Waals surface area contributed by atoms with Crippen molar-refractivity contribution < 1.29 is 19.1 Å². The number of rotatable bonds is 8. The third kappa shape index (κ3) is 24.1. The fourth-order valence-corrected chi connectivity index (χ4v) is 2.23. The first-order valence-electron chi connectivity index (χ1n) is 11.7. The molecule has 0 aliphatic rings. The van der Waals surface area contributed by atoms with Crippen molar-refractivity contribution in [2.45, 2.75) is 88.1 Å². The summed E-state index contributed by atoms with van der Waals surface area (Å²) in [5.74, 6) is 0.774. The van der Waals surface area contributed by atoms with E-state index in [-0.39, 0.29) is 17.7 Å². The topological polar surface area (TPSA) is 89.7 Å². The van der Waals surface area contributed by atoms with Crippen LogP contribution in [0.4, 0.5) is 4.79 Å². The van der Waals surface area contributed by atoms with Gasteiger partial charge in [-0.05, 0) is 38.9 Å². The van der Waals surface area contributed by atoms with Gasteiger partial charge < -0.3 is 10.5 Å². The van der Waals surface area contributed by atoms with Crippen molar-refractivity contribution in [1.29, 1.82) is 0 Å². The maximum Gasteiger partial charge on any atom is 0.404 e. The fraction of sp³-hybridized carbons (Fsp3) is 0.654. The van der Waals surface area contributed by atoms with E-state index in [1.165, 1.54) is 12.7 Å². The van der Waals surface area contributed by atoms with Gasteiger partial charge >= 0.3 is 6.09 Å². The Morgan fingerprint density at radius 3 is 1.59 bits per heavy atom. The Morgan fingerprint density at radius 2 is 1.34 bits per heavy atom. The monoisotopic (exact) mass is 454 g/mol. The number of carbonyl (C=O) groups excluding carboxylic acids is 3. The van der Waals surface area contributed by atoms with Crippen molar-refractivity contribution in [1.82, 2.24) is 4.90 Å². The number of hydrogen-bond donors (Lipinski definition) is 1. The first-order valence-corrected chi connectivity index (χ1v) is 11.7. The van der Waals surface area contributed by atoms with E-state index in [0.717, 1.165) is 19.5 Å². The van der Waals surface area contributed by atoms with Crippen molar-refractivity contribution in [3.63, 3.8) is 0 Å². The molecule has 1 rings (SSSR count). The number of ether oxygens (including phenoxy) is 1. The van der Waals surface area contributed by atoms with Crippen molar-refractivity contribution >= 4 is 17.7 Å². The minimum Gasteiger partial charge on any atom is -0.453 e. The molecule has 0 saturated heterocycles. The molecule has 1 aromatic rings. The summed E-state index contributed by atoms with van der Waals surface area (Å²) in [7, 11) is 1.22. The lowest BCUT2D eigenvalue weighted by molar-refractivity contribution is -0.122. The molecular weight excluding hydrogens is 404 g/mol. The Kier molecular flexibility index (Phi) is 31.1. The smallest absolute Gasteiger partial charge is 0.404 e. The minimum absolute atomic E-state index is 0.0926. The molecular formula is C26H50N2O4. The highest BCUT2D eigenvalue weighted by Crippen LogP contribution is 2.06. The second-order valence-corrected chi connectivity index (χ2v) is 6.64. The average Bonchev–Trinajstić information content (AvgIpc) is 2.82. The quantitative estimate of drug-likeness (QED) is 0.527. The Balaban J connectivity index is -0.000000183. The molecule has 1 unspecified atom stereocenters. The molecule has 1 aromatic carbocycles. The normalized spacial score (nSPS) is 9.91. The number of benzene rings is 1. The molecule has 0 aliphatic carbocycles. The highest BCUT2D eigenvalue weighted by atomic mass is 16.5. The zero-order chi connectivity index (χ0) is 26.1. The number of methoxy groups -OCH3 is 1. The average molecular weight is 455 g/mol. The molecule has 1 atom stereocenters. The molecule has 32 heavy (non-hydrogen) atoms. The van der Waals surface area contributed by atoms with Crippen LogP contribution in [0, 0.1) is 5.92 Å². The van der Waals surface area contributed by atoms with E-state index in [2.05, 4.69) is 41.4 Å². The number of nitrogens with two attached hydrogens (primary N) is 1. The van der Waals surface area contributed by atoms with Gasteiger partial charge in [-0.1, -0.05) is 85.7 Å². The molecule has 0 saturated carbocycles. The Hall–Kier alpha value is -2.21. The molecule has 1 amide bonds. The van der Waals surface area contributed by atoms with Crippen LogP contribution in [0.3, 0.4) is 0 Å². The zero-order valence-electron chi connectivity index (χ0n) is 22.5. The summed E-state index contributed by atoms with van der Waals surface area (Å²) in [6.45, 7) is 21.6. The van der Waals surface area contributed by atoms with Crippen LogP contribution in [0.15, 0.2) is 30.3 Å². The number of primary amides is 1. The molecule has 0 spiro atoms. The van der Waals surface area contributed by atoms with E-state index in [1.807, 2.05) is 66.7 Å². The number of ketones is 2. The second kappa shape index (κ2) is 26.8. The van der Waals surface area contributed by atoms with Gasteiger partial charge in [0.2, 0.25) is 0 Å². The SMILES string of the molecule is CC.CC.CC(C)C(=O)CCc1ccccc1.CCN(CC)C(C)C(C)=O.COC(N)=O. The second-order valence-electron chi connectivity index (χ2n) is 6.64. The minimum atomic E-state index is -0.745. The van der Waals surface area contributed by atoms with Crippen molar-refractivity contribution in [3.8, 4) is 0 Å². The third-order valence-electron chi connectivity index (χ3n) is 4.30. The molecule has 0 radical (unpaired) electrons. The van der Waals surface area contributed by atoms with Crippen LogP contribution >= 0.6 is 0 Å².